The normalized spacial score (nSPS) is 21.9. The van der Waals surface area contributed by atoms with Crippen LogP contribution < -0.4 is 0 Å². The topological polar surface area (TPSA) is 46.6 Å². The van der Waals surface area contributed by atoms with Crippen LogP contribution in [-0.2, 0) is 9.53 Å². The number of rotatable bonds is 2. The number of carbonyl (C=O) groups is 2. The number of hydrogen-bond acceptors (Lipinski definition) is 3. The number of halogens is 1. The first-order valence-corrected chi connectivity index (χ1v) is 7.89. The van der Waals surface area contributed by atoms with Crippen molar-refractivity contribution in [3.8, 4) is 0 Å². The number of Topliss-reactive ketones (excluding diaryl/α,β-unsaturated/α-hetero) is 1. The molecule has 0 aromatic heterocycles. The van der Waals surface area contributed by atoms with Crippen LogP contribution in [0.25, 0.3) is 0 Å². The summed E-state index contributed by atoms with van der Waals surface area (Å²) in [6.07, 6.45) is -0.345. The highest BCUT2D eigenvalue weighted by molar-refractivity contribution is 5.92. The lowest BCUT2D eigenvalue weighted by Gasteiger charge is -2.33. The molecule has 0 unspecified atom stereocenters. The van der Waals surface area contributed by atoms with E-state index in [0.29, 0.717) is 5.56 Å². The molecule has 1 amide bonds. The Labute approximate surface area is 136 Å². The van der Waals surface area contributed by atoms with Crippen molar-refractivity contribution in [2.45, 2.75) is 58.7 Å². The van der Waals surface area contributed by atoms with Crippen molar-refractivity contribution < 1.29 is 18.7 Å². The fraction of sp³-hybridized carbons (Fsp3) is 0.556. The number of nitrogens with zero attached hydrogens (tertiary/aromatic N) is 1. The average molecular weight is 321 g/mol. The van der Waals surface area contributed by atoms with Crippen molar-refractivity contribution >= 4 is 11.9 Å². The molecule has 1 aromatic rings. The summed E-state index contributed by atoms with van der Waals surface area (Å²) in [6, 6.07) is 5.01. The third-order valence-electron chi connectivity index (χ3n) is 3.83. The molecule has 23 heavy (non-hydrogen) atoms. The minimum absolute atomic E-state index is 0.0138. The van der Waals surface area contributed by atoms with E-state index < -0.39 is 23.8 Å². The van der Waals surface area contributed by atoms with E-state index in [-0.39, 0.29) is 23.9 Å². The van der Waals surface area contributed by atoms with E-state index in [1.807, 2.05) is 13.8 Å². The Kier molecular flexibility index (Phi) is 4.78. The predicted octanol–water partition coefficient (Wildman–Crippen LogP) is 4.10. The molecule has 1 saturated heterocycles. The largest absolute Gasteiger partial charge is 0.444 e. The molecule has 5 heteroatoms. The van der Waals surface area contributed by atoms with Crippen LogP contribution in [-0.4, -0.2) is 28.4 Å². The fourth-order valence-corrected chi connectivity index (χ4v) is 3.00. The van der Waals surface area contributed by atoms with E-state index in [0.717, 1.165) is 0 Å². The quantitative estimate of drug-likeness (QED) is 0.824. The van der Waals surface area contributed by atoms with Gasteiger partial charge in [0.2, 0.25) is 0 Å². The number of ether oxygens (including phenoxy) is 1. The van der Waals surface area contributed by atoms with E-state index in [1.165, 1.54) is 17.0 Å². The Morgan fingerprint density at radius 1 is 1.35 bits per heavy atom. The van der Waals surface area contributed by atoms with Gasteiger partial charge in [0, 0.05) is 6.42 Å². The summed E-state index contributed by atoms with van der Waals surface area (Å²) >= 11 is 0. The van der Waals surface area contributed by atoms with E-state index in [1.54, 1.807) is 32.9 Å². The van der Waals surface area contributed by atoms with Gasteiger partial charge < -0.3 is 4.74 Å². The van der Waals surface area contributed by atoms with Crippen LogP contribution in [0.2, 0.25) is 0 Å². The number of hydrogen-bond donors (Lipinski definition) is 0. The van der Waals surface area contributed by atoms with Crippen molar-refractivity contribution in [3.05, 3.63) is 35.6 Å². The first kappa shape index (κ1) is 17.4. The third kappa shape index (κ3) is 3.89. The molecule has 1 heterocycles. The zero-order valence-electron chi connectivity index (χ0n) is 14.3. The van der Waals surface area contributed by atoms with E-state index in [4.69, 9.17) is 4.74 Å². The van der Waals surface area contributed by atoms with E-state index in [9.17, 15) is 14.0 Å². The maximum Gasteiger partial charge on any atom is 0.411 e. The van der Waals surface area contributed by atoms with Gasteiger partial charge in [0.1, 0.15) is 11.4 Å². The second-order valence-electron chi connectivity index (χ2n) is 7.32. The Balaban J connectivity index is 2.40. The summed E-state index contributed by atoms with van der Waals surface area (Å²) in [4.78, 5) is 26.5. The molecule has 0 N–H and O–H groups in total. The lowest BCUT2D eigenvalue weighted by molar-refractivity contribution is -0.121. The highest BCUT2D eigenvalue weighted by Gasteiger charge is 2.46. The van der Waals surface area contributed by atoms with E-state index in [2.05, 4.69) is 0 Å². The van der Waals surface area contributed by atoms with Crippen molar-refractivity contribution in [2.24, 2.45) is 5.92 Å². The first-order chi connectivity index (χ1) is 10.6. The molecule has 1 aromatic carbocycles. The molecule has 126 valence electrons. The third-order valence-corrected chi connectivity index (χ3v) is 3.83. The van der Waals surface area contributed by atoms with Crippen LogP contribution in [0.5, 0.6) is 0 Å². The van der Waals surface area contributed by atoms with Gasteiger partial charge in [0.15, 0.2) is 5.78 Å². The molecular formula is C18H24FNO3. The van der Waals surface area contributed by atoms with Gasteiger partial charge in [-0.2, -0.15) is 0 Å². The number of benzene rings is 1. The van der Waals surface area contributed by atoms with Crippen molar-refractivity contribution in [1.29, 1.82) is 0 Å². The van der Waals surface area contributed by atoms with Gasteiger partial charge in [0.05, 0.1) is 12.1 Å². The smallest absolute Gasteiger partial charge is 0.411 e. The minimum Gasteiger partial charge on any atom is -0.444 e. The summed E-state index contributed by atoms with van der Waals surface area (Å²) in [6.45, 7) is 9.14. The lowest BCUT2D eigenvalue weighted by Crippen LogP contribution is -2.45. The second kappa shape index (κ2) is 6.30. The standard InChI is InChI=1S/C18H24FNO3/c1-11(2)16-15(21)10-14(12-7-6-8-13(19)9-12)20(16)17(22)23-18(3,4)5/h6-9,11,14,16H,10H2,1-5H3/t14-,16-/m0/s1. The van der Waals surface area contributed by atoms with Gasteiger partial charge in [0.25, 0.3) is 0 Å². The lowest BCUT2D eigenvalue weighted by atomic mass is 10.0. The maximum atomic E-state index is 13.6. The molecule has 0 bridgehead atoms. The first-order valence-electron chi connectivity index (χ1n) is 7.89. The molecule has 2 rings (SSSR count). The van der Waals surface area contributed by atoms with Crippen LogP contribution in [0.15, 0.2) is 24.3 Å². The summed E-state index contributed by atoms with van der Waals surface area (Å²) in [5.41, 5.74) is -0.0381. The summed E-state index contributed by atoms with van der Waals surface area (Å²) in [5, 5.41) is 0. The predicted molar refractivity (Wildman–Crippen MR) is 85.5 cm³/mol. The van der Waals surface area contributed by atoms with Crippen LogP contribution >= 0.6 is 0 Å². The van der Waals surface area contributed by atoms with Gasteiger partial charge in [-0.25, -0.2) is 9.18 Å². The van der Waals surface area contributed by atoms with Crippen molar-refractivity contribution in [2.75, 3.05) is 0 Å². The molecular weight excluding hydrogens is 297 g/mol. The van der Waals surface area contributed by atoms with E-state index >= 15 is 0 Å². The molecule has 1 fully saturated rings. The van der Waals surface area contributed by atoms with Crippen LogP contribution in [0.3, 0.4) is 0 Å². The monoisotopic (exact) mass is 321 g/mol. The maximum absolute atomic E-state index is 13.6. The highest BCUT2D eigenvalue weighted by Crippen LogP contribution is 2.38. The zero-order valence-corrected chi connectivity index (χ0v) is 14.3. The summed E-state index contributed by atoms with van der Waals surface area (Å²) < 4.78 is 19.0. The number of carbonyl (C=O) groups excluding carboxylic acids is 2. The second-order valence-corrected chi connectivity index (χ2v) is 7.32. The van der Waals surface area contributed by atoms with Gasteiger partial charge in [-0.3, -0.25) is 9.69 Å². The number of likely N-dealkylation sites (tertiary alicyclic amines) is 1. The van der Waals surface area contributed by atoms with Gasteiger partial charge in [-0.05, 0) is 44.4 Å². The molecule has 0 spiro atoms. The van der Waals surface area contributed by atoms with Crippen molar-refractivity contribution in [1.82, 2.24) is 4.90 Å². The summed E-state index contributed by atoms with van der Waals surface area (Å²) in [5.74, 6) is -0.430. The molecule has 1 aliphatic rings. The molecule has 2 atom stereocenters. The summed E-state index contributed by atoms with van der Waals surface area (Å²) in [7, 11) is 0. The van der Waals surface area contributed by atoms with Crippen LogP contribution in [0, 0.1) is 11.7 Å². The Morgan fingerprint density at radius 3 is 2.52 bits per heavy atom. The van der Waals surface area contributed by atoms with Gasteiger partial charge >= 0.3 is 6.09 Å². The molecule has 1 aliphatic heterocycles. The van der Waals surface area contributed by atoms with Gasteiger partial charge in [-0.15, -0.1) is 0 Å². The average Bonchev–Trinajstić information content (AvgIpc) is 2.74. The van der Waals surface area contributed by atoms with Crippen LogP contribution in [0.1, 0.15) is 52.6 Å². The molecule has 0 aliphatic carbocycles. The highest BCUT2D eigenvalue weighted by atomic mass is 19.1. The molecule has 0 radical (unpaired) electrons. The Bertz CT molecular complexity index is 607. The van der Waals surface area contributed by atoms with Crippen molar-refractivity contribution in [3.63, 3.8) is 0 Å². The Morgan fingerprint density at radius 2 is 2.00 bits per heavy atom. The Hall–Kier alpha value is -1.91. The van der Waals surface area contributed by atoms with Crippen LogP contribution in [0.4, 0.5) is 9.18 Å². The molecule has 4 nitrogen and oxygen atoms in total. The number of ketones is 1. The minimum atomic E-state index is -0.656. The van der Waals surface area contributed by atoms with Gasteiger partial charge in [-0.1, -0.05) is 26.0 Å². The number of amides is 1. The zero-order chi connectivity index (χ0) is 17.4. The fourth-order valence-electron chi connectivity index (χ4n) is 3.00. The molecule has 0 saturated carbocycles. The SMILES string of the molecule is CC(C)[C@H]1C(=O)C[C@@H](c2cccc(F)c2)N1C(=O)OC(C)(C)C.